The first-order valence-electron chi connectivity index (χ1n) is 5.69. The van der Waals surface area contributed by atoms with E-state index in [0.29, 0.717) is 6.54 Å². The second-order valence-electron chi connectivity index (χ2n) is 4.14. The number of aromatic nitrogens is 2. The molecule has 1 unspecified atom stereocenters. The lowest BCUT2D eigenvalue weighted by atomic mass is 10.1. The first kappa shape index (κ1) is 11.8. The van der Waals surface area contributed by atoms with Gasteiger partial charge in [-0.1, -0.05) is 6.92 Å². The Balaban J connectivity index is 2.11. The number of rotatable bonds is 4. The molecule has 2 heterocycles. The molecule has 0 aliphatic heterocycles. The Bertz CT molecular complexity index is 493. The minimum Gasteiger partial charge on any atom is -0.350 e. The number of hydrogen-bond donors (Lipinski definition) is 1. The van der Waals surface area contributed by atoms with Crippen LogP contribution < -0.4 is 5.73 Å². The molecule has 0 saturated heterocycles. The summed E-state index contributed by atoms with van der Waals surface area (Å²) >= 11 is 0. The summed E-state index contributed by atoms with van der Waals surface area (Å²) in [7, 11) is 0. The van der Waals surface area contributed by atoms with Crippen molar-refractivity contribution < 1.29 is 4.39 Å². The van der Waals surface area contributed by atoms with E-state index in [1.165, 1.54) is 12.3 Å². The zero-order valence-corrected chi connectivity index (χ0v) is 9.81. The van der Waals surface area contributed by atoms with Gasteiger partial charge in [0, 0.05) is 31.2 Å². The molecule has 0 aliphatic carbocycles. The standard InChI is InChI=1S/C13H16FN3/c1-2-13(15)11-3-4-17(9-11)8-10-5-12(14)7-16-6-10/h3-7,9,13H,2,8,15H2,1H3. The number of nitrogens with zero attached hydrogens (tertiary/aromatic N) is 2. The molecule has 17 heavy (non-hydrogen) atoms. The van der Waals surface area contributed by atoms with Gasteiger partial charge in [0.15, 0.2) is 0 Å². The third kappa shape index (κ3) is 2.91. The van der Waals surface area contributed by atoms with Crippen LogP contribution in [0.2, 0.25) is 0 Å². The lowest BCUT2D eigenvalue weighted by Gasteiger charge is -2.06. The van der Waals surface area contributed by atoms with Gasteiger partial charge in [0.05, 0.1) is 6.20 Å². The maximum atomic E-state index is 13.0. The van der Waals surface area contributed by atoms with Crippen LogP contribution in [-0.4, -0.2) is 9.55 Å². The van der Waals surface area contributed by atoms with Crippen molar-refractivity contribution in [2.45, 2.75) is 25.9 Å². The van der Waals surface area contributed by atoms with Crippen LogP contribution in [0.15, 0.2) is 36.9 Å². The molecule has 2 aromatic heterocycles. The average Bonchev–Trinajstić information content (AvgIpc) is 2.76. The summed E-state index contributed by atoms with van der Waals surface area (Å²) in [5, 5.41) is 0. The fourth-order valence-electron chi connectivity index (χ4n) is 1.77. The second kappa shape index (κ2) is 5.10. The summed E-state index contributed by atoms with van der Waals surface area (Å²) in [6.45, 7) is 2.67. The van der Waals surface area contributed by atoms with Crippen molar-refractivity contribution in [2.75, 3.05) is 0 Å². The van der Waals surface area contributed by atoms with E-state index in [0.717, 1.165) is 17.5 Å². The summed E-state index contributed by atoms with van der Waals surface area (Å²) in [5.74, 6) is -0.305. The predicted octanol–water partition coefficient (Wildman–Crippen LogP) is 2.48. The number of nitrogens with two attached hydrogens (primary N) is 1. The monoisotopic (exact) mass is 233 g/mol. The van der Waals surface area contributed by atoms with E-state index in [2.05, 4.69) is 11.9 Å². The van der Waals surface area contributed by atoms with Gasteiger partial charge in [0.2, 0.25) is 0 Å². The predicted molar refractivity (Wildman–Crippen MR) is 64.9 cm³/mol. The van der Waals surface area contributed by atoms with Gasteiger partial charge in [-0.15, -0.1) is 0 Å². The first-order chi connectivity index (χ1) is 8.19. The van der Waals surface area contributed by atoms with Crippen molar-refractivity contribution in [1.82, 2.24) is 9.55 Å². The fraction of sp³-hybridized carbons (Fsp3) is 0.308. The quantitative estimate of drug-likeness (QED) is 0.881. The van der Waals surface area contributed by atoms with Crippen molar-refractivity contribution in [2.24, 2.45) is 5.73 Å². The molecular formula is C13H16FN3. The maximum absolute atomic E-state index is 13.0. The molecular weight excluding hydrogens is 217 g/mol. The second-order valence-corrected chi connectivity index (χ2v) is 4.14. The van der Waals surface area contributed by atoms with Crippen molar-refractivity contribution in [3.8, 4) is 0 Å². The zero-order valence-electron chi connectivity index (χ0n) is 9.81. The van der Waals surface area contributed by atoms with Gasteiger partial charge < -0.3 is 10.3 Å². The van der Waals surface area contributed by atoms with Crippen LogP contribution >= 0.6 is 0 Å². The van der Waals surface area contributed by atoms with Gasteiger partial charge in [-0.2, -0.15) is 0 Å². The summed E-state index contributed by atoms with van der Waals surface area (Å²) in [6, 6.07) is 3.56. The van der Waals surface area contributed by atoms with Gasteiger partial charge in [-0.25, -0.2) is 4.39 Å². The molecule has 1 atom stereocenters. The Morgan fingerprint density at radius 2 is 2.29 bits per heavy atom. The third-order valence-corrected chi connectivity index (χ3v) is 2.77. The van der Waals surface area contributed by atoms with Crippen LogP contribution in [0.4, 0.5) is 4.39 Å². The van der Waals surface area contributed by atoms with E-state index in [9.17, 15) is 4.39 Å². The van der Waals surface area contributed by atoms with Gasteiger partial charge >= 0.3 is 0 Å². The van der Waals surface area contributed by atoms with Gasteiger partial charge in [-0.05, 0) is 29.7 Å². The number of halogens is 1. The normalized spacial score (nSPS) is 12.6. The molecule has 0 spiro atoms. The van der Waals surface area contributed by atoms with Crippen LogP contribution in [-0.2, 0) is 6.54 Å². The van der Waals surface area contributed by atoms with E-state index < -0.39 is 0 Å². The molecule has 0 fully saturated rings. The molecule has 2 rings (SSSR count). The molecule has 0 radical (unpaired) electrons. The zero-order chi connectivity index (χ0) is 12.3. The maximum Gasteiger partial charge on any atom is 0.141 e. The Morgan fingerprint density at radius 3 is 3.00 bits per heavy atom. The van der Waals surface area contributed by atoms with Crippen molar-refractivity contribution in [3.63, 3.8) is 0 Å². The minimum absolute atomic E-state index is 0.0712. The van der Waals surface area contributed by atoms with E-state index in [-0.39, 0.29) is 11.9 Å². The minimum atomic E-state index is -0.305. The van der Waals surface area contributed by atoms with Crippen LogP contribution in [0.5, 0.6) is 0 Å². The Morgan fingerprint density at radius 1 is 1.47 bits per heavy atom. The third-order valence-electron chi connectivity index (χ3n) is 2.77. The van der Waals surface area contributed by atoms with Crippen molar-refractivity contribution in [1.29, 1.82) is 0 Å². The summed E-state index contributed by atoms with van der Waals surface area (Å²) in [5.41, 5.74) is 7.89. The highest BCUT2D eigenvalue weighted by Crippen LogP contribution is 2.14. The lowest BCUT2D eigenvalue weighted by Crippen LogP contribution is -2.07. The van der Waals surface area contributed by atoms with Crippen molar-refractivity contribution >= 4 is 0 Å². The smallest absolute Gasteiger partial charge is 0.141 e. The van der Waals surface area contributed by atoms with E-state index in [1.54, 1.807) is 6.20 Å². The van der Waals surface area contributed by atoms with E-state index in [4.69, 9.17) is 5.73 Å². The van der Waals surface area contributed by atoms with Crippen LogP contribution in [0.1, 0.15) is 30.5 Å². The van der Waals surface area contributed by atoms with E-state index in [1.807, 2.05) is 23.0 Å². The highest BCUT2D eigenvalue weighted by Gasteiger charge is 2.05. The fourth-order valence-corrected chi connectivity index (χ4v) is 1.77. The Kier molecular flexibility index (Phi) is 3.54. The Labute approximate surface area is 100 Å². The number of hydrogen-bond acceptors (Lipinski definition) is 2. The molecule has 0 saturated carbocycles. The summed E-state index contributed by atoms with van der Waals surface area (Å²) in [6.07, 6.45) is 7.74. The first-order valence-corrected chi connectivity index (χ1v) is 5.69. The molecule has 0 aliphatic rings. The molecule has 0 bridgehead atoms. The van der Waals surface area contributed by atoms with Crippen LogP contribution in [0.3, 0.4) is 0 Å². The largest absolute Gasteiger partial charge is 0.350 e. The topological polar surface area (TPSA) is 43.8 Å². The Hall–Kier alpha value is -1.68. The highest BCUT2D eigenvalue weighted by atomic mass is 19.1. The molecule has 0 aromatic carbocycles. The van der Waals surface area contributed by atoms with Crippen molar-refractivity contribution in [3.05, 3.63) is 53.9 Å². The molecule has 0 amide bonds. The number of pyridine rings is 1. The van der Waals surface area contributed by atoms with Gasteiger partial charge in [-0.3, -0.25) is 4.98 Å². The molecule has 2 N–H and O–H groups in total. The van der Waals surface area contributed by atoms with Crippen LogP contribution in [0.25, 0.3) is 0 Å². The molecule has 3 nitrogen and oxygen atoms in total. The van der Waals surface area contributed by atoms with Gasteiger partial charge in [0.1, 0.15) is 5.82 Å². The summed E-state index contributed by atoms with van der Waals surface area (Å²) < 4.78 is 15.0. The molecule has 2 aromatic rings. The van der Waals surface area contributed by atoms with Crippen LogP contribution in [0, 0.1) is 5.82 Å². The molecule has 90 valence electrons. The highest BCUT2D eigenvalue weighted by molar-refractivity contribution is 5.17. The lowest BCUT2D eigenvalue weighted by molar-refractivity contribution is 0.616. The summed E-state index contributed by atoms with van der Waals surface area (Å²) in [4.78, 5) is 3.83. The molecule has 4 heteroatoms. The van der Waals surface area contributed by atoms with E-state index >= 15 is 0 Å². The average molecular weight is 233 g/mol. The SMILES string of the molecule is CCC(N)c1ccn(Cc2cncc(F)c2)c1. The van der Waals surface area contributed by atoms with Gasteiger partial charge in [0.25, 0.3) is 0 Å².